The van der Waals surface area contributed by atoms with Gasteiger partial charge in [-0.1, -0.05) is 12.6 Å². The van der Waals surface area contributed by atoms with Crippen LogP contribution in [-0.2, 0) is 6.54 Å². The van der Waals surface area contributed by atoms with Gasteiger partial charge in [0.25, 0.3) is 0 Å². The van der Waals surface area contributed by atoms with E-state index in [0.717, 1.165) is 0 Å². The number of nitrogens with zero attached hydrogens (tertiary/aromatic N) is 1. The Morgan fingerprint density at radius 2 is 2.55 bits per heavy atom. The SMILES string of the molecule is C.NC(=O)NCc1ccon1. The molecule has 0 aliphatic heterocycles. The maximum Gasteiger partial charge on any atom is 0.312 e. The van der Waals surface area contributed by atoms with Crippen molar-refractivity contribution in [2.24, 2.45) is 5.73 Å². The maximum atomic E-state index is 10.1. The first-order valence-electron chi connectivity index (χ1n) is 2.71. The summed E-state index contributed by atoms with van der Waals surface area (Å²) in [7, 11) is 0. The molecule has 0 atom stereocenters. The lowest BCUT2D eigenvalue weighted by molar-refractivity contribution is 0.248. The zero-order valence-electron chi connectivity index (χ0n) is 5.20. The number of amides is 2. The number of aromatic nitrogens is 1. The molecule has 5 heteroatoms. The van der Waals surface area contributed by atoms with Crippen LogP contribution in [-0.4, -0.2) is 11.2 Å². The van der Waals surface area contributed by atoms with Crippen molar-refractivity contribution in [1.82, 2.24) is 10.5 Å². The zero-order valence-corrected chi connectivity index (χ0v) is 5.20. The number of primary amides is 1. The average Bonchev–Trinajstić information content (AvgIpc) is 2.34. The van der Waals surface area contributed by atoms with Crippen LogP contribution in [0.15, 0.2) is 16.9 Å². The molecule has 0 aliphatic rings. The van der Waals surface area contributed by atoms with Gasteiger partial charge in [0, 0.05) is 6.07 Å². The van der Waals surface area contributed by atoms with Crippen LogP contribution < -0.4 is 11.1 Å². The van der Waals surface area contributed by atoms with Crippen molar-refractivity contribution >= 4 is 6.03 Å². The summed E-state index contributed by atoms with van der Waals surface area (Å²) in [6.45, 7) is 0.311. The molecule has 0 bridgehead atoms. The number of hydrogen-bond donors (Lipinski definition) is 2. The highest BCUT2D eigenvalue weighted by Crippen LogP contribution is 1.91. The third kappa shape index (κ3) is 3.24. The minimum absolute atomic E-state index is 0. The normalized spacial score (nSPS) is 8.36. The molecule has 0 saturated heterocycles. The molecular weight excluding hydrogens is 146 g/mol. The van der Waals surface area contributed by atoms with E-state index < -0.39 is 6.03 Å². The number of hydrogen-bond acceptors (Lipinski definition) is 3. The van der Waals surface area contributed by atoms with Gasteiger partial charge in [0.2, 0.25) is 0 Å². The summed E-state index contributed by atoms with van der Waals surface area (Å²) >= 11 is 0. The van der Waals surface area contributed by atoms with E-state index in [4.69, 9.17) is 5.73 Å². The van der Waals surface area contributed by atoms with E-state index in [1.54, 1.807) is 6.07 Å². The van der Waals surface area contributed by atoms with E-state index in [1.807, 2.05) is 0 Å². The van der Waals surface area contributed by atoms with Crippen molar-refractivity contribution in [3.05, 3.63) is 18.0 Å². The van der Waals surface area contributed by atoms with E-state index in [9.17, 15) is 4.79 Å². The summed E-state index contributed by atoms with van der Waals surface area (Å²) in [5.74, 6) is 0. The van der Waals surface area contributed by atoms with E-state index in [1.165, 1.54) is 6.26 Å². The molecule has 0 saturated carbocycles. The molecule has 62 valence electrons. The summed E-state index contributed by atoms with van der Waals surface area (Å²) in [6, 6.07) is 1.08. The molecule has 0 aliphatic carbocycles. The highest BCUT2D eigenvalue weighted by molar-refractivity contribution is 5.71. The second-order valence-corrected chi connectivity index (χ2v) is 1.71. The van der Waals surface area contributed by atoms with Crippen LogP contribution in [0.25, 0.3) is 0 Å². The van der Waals surface area contributed by atoms with E-state index in [2.05, 4.69) is 15.0 Å². The van der Waals surface area contributed by atoms with Gasteiger partial charge in [-0.05, 0) is 0 Å². The Kier molecular flexibility index (Phi) is 3.72. The van der Waals surface area contributed by atoms with Crippen molar-refractivity contribution in [1.29, 1.82) is 0 Å². The van der Waals surface area contributed by atoms with Gasteiger partial charge in [-0.25, -0.2) is 4.79 Å². The number of rotatable bonds is 2. The molecule has 1 aromatic rings. The van der Waals surface area contributed by atoms with Crippen molar-refractivity contribution in [2.45, 2.75) is 14.0 Å². The van der Waals surface area contributed by atoms with Crippen molar-refractivity contribution in [3.63, 3.8) is 0 Å². The molecule has 0 radical (unpaired) electrons. The lowest BCUT2D eigenvalue weighted by Crippen LogP contribution is -2.28. The predicted octanol–water partition coefficient (Wildman–Crippen LogP) is 0.479. The summed E-state index contributed by atoms with van der Waals surface area (Å²) in [5.41, 5.74) is 5.45. The molecule has 1 heterocycles. The molecule has 3 N–H and O–H groups in total. The fourth-order valence-corrected chi connectivity index (χ4v) is 0.506. The van der Waals surface area contributed by atoms with E-state index in [0.29, 0.717) is 12.2 Å². The highest BCUT2D eigenvalue weighted by atomic mass is 16.5. The van der Waals surface area contributed by atoms with E-state index in [-0.39, 0.29) is 7.43 Å². The zero-order chi connectivity index (χ0) is 7.40. The van der Waals surface area contributed by atoms with Crippen LogP contribution in [0.3, 0.4) is 0 Å². The summed E-state index contributed by atoms with van der Waals surface area (Å²) in [5, 5.41) is 5.91. The Hall–Kier alpha value is -1.52. The molecule has 1 rings (SSSR count). The molecule has 0 spiro atoms. The fraction of sp³-hybridized carbons (Fsp3) is 0.333. The van der Waals surface area contributed by atoms with Crippen molar-refractivity contribution < 1.29 is 9.32 Å². The van der Waals surface area contributed by atoms with Gasteiger partial charge in [0.1, 0.15) is 12.0 Å². The highest BCUT2D eigenvalue weighted by Gasteiger charge is 1.95. The smallest absolute Gasteiger partial charge is 0.312 e. The number of urea groups is 1. The molecule has 0 aromatic carbocycles. The average molecular weight is 157 g/mol. The quantitative estimate of drug-likeness (QED) is 0.655. The van der Waals surface area contributed by atoms with Gasteiger partial charge in [-0.2, -0.15) is 0 Å². The Balaban J connectivity index is 0.000001000. The van der Waals surface area contributed by atoms with Gasteiger partial charge in [0.05, 0.1) is 6.54 Å². The van der Waals surface area contributed by atoms with Gasteiger partial charge >= 0.3 is 6.03 Å². The van der Waals surface area contributed by atoms with Crippen LogP contribution in [0.4, 0.5) is 4.79 Å². The first kappa shape index (κ1) is 9.48. The first-order valence-corrected chi connectivity index (χ1v) is 2.71. The van der Waals surface area contributed by atoms with Crippen LogP contribution in [0.1, 0.15) is 13.1 Å². The van der Waals surface area contributed by atoms with Gasteiger partial charge in [-0.15, -0.1) is 0 Å². The number of nitrogens with one attached hydrogen (secondary N) is 1. The molecule has 5 nitrogen and oxygen atoms in total. The molecule has 1 aromatic heterocycles. The monoisotopic (exact) mass is 157 g/mol. The van der Waals surface area contributed by atoms with Crippen molar-refractivity contribution in [3.8, 4) is 0 Å². The lowest BCUT2D eigenvalue weighted by atomic mass is 10.4. The molecule has 11 heavy (non-hydrogen) atoms. The Labute approximate surface area is 64.5 Å². The standard InChI is InChI=1S/C5H7N3O2.CH4/c6-5(9)7-3-4-1-2-10-8-4;/h1-2H,3H2,(H3,6,7,9);1H4. The second kappa shape index (κ2) is 4.32. The van der Waals surface area contributed by atoms with Crippen LogP contribution in [0.2, 0.25) is 0 Å². The number of nitrogens with two attached hydrogens (primary N) is 1. The summed E-state index contributed by atoms with van der Waals surface area (Å²) < 4.78 is 4.50. The minimum atomic E-state index is -0.567. The predicted molar refractivity (Wildman–Crippen MR) is 39.7 cm³/mol. The maximum absolute atomic E-state index is 10.1. The Morgan fingerprint density at radius 3 is 3.00 bits per heavy atom. The van der Waals surface area contributed by atoms with Crippen LogP contribution in [0, 0.1) is 0 Å². The summed E-state index contributed by atoms with van der Waals surface area (Å²) in [4.78, 5) is 10.1. The molecule has 0 unspecified atom stereocenters. The number of carbonyl (C=O) groups is 1. The molecule has 2 amide bonds. The summed E-state index contributed by atoms with van der Waals surface area (Å²) in [6.07, 6.45) is 1.43. The van der Waals surface area contributed by atoms with E-state index >= 15 is 0 Å². The topological polar surface area (TPSA) is 81.2 Å². The molecular formula is C6H11N3O2. The van der Waals surface area contributed by atoms with Gasteiger partial charge in [-0.3, -0.25) is 0 Å². The number of carbonyl (C=O) groups excluding carboxylic acids is 1. The lowest BCUT2D eigenvalue weighted by Gasteiger charge is -1.94. The molecule has 0 fully saturated rings. The third-order valence-electron chi connectivity index (χ3n) is 0.935. The van der Waals surface area contributed by atoms with Gasteiger partial charge in [0.15, 0.2) is 0 Å². The van der Waals surface area contributed by atoms with Crippen molar-refractivity contribution in [2.75, 3.05) is 0 Å². The largest absolute Gasteiger partial charge is 0.364 e. The Morgan fingerprint density at radius 1 is 1.82 bits per heavy atom. The second-order valence-electron chi connectivity index (χ2n) is 1.71. The Bertz CT molecular complexity index is 208. The minimum Gasteiger partial charge on any atom is -0.364 e. The van der Waals surface area contributed by atoms with Crippen LogP contribution >= 0.6 is 0 Å². The third-order valence-corrected chi connectivity index (χ3v) is 0.935. The fourth-order valence-electron chi connectivity index (χ4n) is 0.506. The van der Waals surface area contributed by atoms with Crippen LogP contribution in [0.5, 0.6) is 0 Å². The first-order chi connectivity index (χ1) is 4.79. The van der Waals surface area contributed by atoms with Gasteiger partial charge < -0.3 is 15.6 Å².